The second kappa shape index (κ2) is 5.83. The molecule has 1 aromatic rings. The van der Waals surface area contributed by atoms with E-state index < -0.39 is 5.54 Å². The van der Waals surface area contributed by atoms with Gasteiger partial charge in [-0.05, 0) is 31.4 Å². The summed E-state index contributed by atoms with van der Waals surface area (Å²) in [5.41, 5.74) is 0.0570. The minimum Gasteiger partial charge on any atom is -0.467 e. The predicted octanol–water partition coefficient (Wildman–Crippen LogP) is 3.87. The van der Waals surface area contributed by atoms with E-state index in [4.69, 9.17) is 16.3 Å². The van der Waals surface area contributed by atoms with Gasteiger partial charge in [0.05, 0.1) is 17.8 Å². The van der Waals surface area contributed by atoms with Crippen molar-refractivity contribution >= 4 is 23.3 Å². The summed E-state index contributed by atoms with van der Waals surface area (Å²) >= 11 is 6.15. The molecule has 1 aliphatic carbocycles. The quantitative estimate of drug-likeness (QED) is 0.833. The van der Waals surface area contributed by atoms with Crippen molar-refractivity contribution in [1.82, 2.24) is 0 Å². The number of ether oxygens (including phenoxy) is 1. The lowest BCUT2D eigenvalue weighted by Gasteiger charge is -2.36. The van der Waals surface area contributed by atoms with Crippen molar-refractivity contribution < 1.29 is 9.53 Å². The number of para-hydroxylation sites is 1. The van der Waals surface area contributed by atoms with E-state index in [0.29, 0.717) is 10.9 Å². The first-order valence-corrected chi connectivity index (χ1v) is 7.04. The summed E-state index contributed by atoms with van der Waals surface area (Å²) in [4.78, 5) is 12.1. The van der Waals surface area contributed by atoms with E-state index in [2.05, 4.69) is 5.32 Å². The van der Waals surface area contributed by atoms with Crippen LogP contribution in [0, 0.1) is 5.92 Å². The summed E-state index contributed by atoms with van der Waals surface area (Å²) in [6, 6.07) is 7.46. The monoisotopic (exact) mass is 281 g/mol. The van der Waals surface area contributed by atoms with Crippen molar-refractivity contribution in [2.75, 3.05) is 12.4 Å². The number of hydrogen-bond acceptors (Lipinski definition) is 3. The Labute approximate surface area is 119 Å². The van der Waals surface area contributed by atoms with E-state index in [9.17, 15) is 4.79 Å². The first-order valence-electron chi connectivity index (χ1n) is 6.66. The zero-order valence-electron chi connectivity index (χ0n) is 11.4. The van der Waals surface area contributed by atoms with Crippen LogP contribution in [0.4, 0.5) is 5.69 Å². The second-order valence-corrected chi connectivity index (χ2v) is 5.84. The minimum absolute atomic E-state index is 0.237. The lowest BCUT2D eigenvalue weighted by Crippen LogP contribution is -2.46. The van der Waals surface area contributed by atoms with Crippen molar-refractivity contribution in [2.24, 2.45) is 5.92 Å². The van der Waals surface area contributed by atoms with Gasteiger partial charge in [-0.3, -0.25) is 0 Å². The van der Waals surface area contributed by atoms with E-state index in [-0.39, 0.29) is 5.97 Å². The van der Waals surface area contributed by atoms with E-state index in [1.165, 1.54) is 26.4 Å². The van der Waals surface area contributed by atoms with Crippen LogP contribution in [0.25, 0.3) is 0 Å². The predicted molar refractivity (Wildman–Crippen MR) is 77.5 cm³/mol. The normalized spacial score (nSPS) is 18.3. The number of hydrogen-bond donors (Lipinski definition) is 1. The zero-order valence-corrected chi connectivity index (χ0v) is 12.2. The van der Waals surface area contributed by atoms with Gasteiger partial charge in [0.1, 0.15) is 5.54 Å². The Hall–Kier alpha value is -1.22. The molecule has 3 nitrogen and oxygen atoms in total. The summed E-state index contributed by atoms with van der Waals surface area (Å²) in [5, 5.41) is 3.88. The molecule has 0 aromatic heterocycles. The van der Waals surface area contributed by atoms with Gasteiger partial charge in [0.25, 0.3) is 0 Å². The number of anilines is 1. The van der Waals surface area contributed by atoms with Crippen LogP contribution in [0.5, 0.6) is 0 Å². The van der Waals surface area contributed by atoms with Gasteiger partial charge in [0, 0.05) is 0 Å². The van der Waals surface area contributed by atoms with Crippen LogP contribution in [0.1, 0.15) is 32.6 Å². The van der Waals surface area contributed by atoms with Crippen LogP contribution in [0.2, 0.25) is 5.02 Å². The smallest absolute Gasteiger partial charge is 0.331 e. The number of carbonyl (C=O) groups excluding carboxylic acids is 1. The number of carbonyl (C=O) groups is 1. The van der Waals surface area contributed by atoms with E-state index in [0.717, 1.165) is 12.1 Å². The van der Waals surface area contributed by atoms with Crippen LogP contribution in [0.15, 0.2) is 24.3 Å². The first kappa shape index (κ1) is 14.2. The Kier molecular flexibility index (Phi) is 4.35. The van der Waals surface area contributed by atoms with Crippen molar-refractivity contribution in [3.63, 3.8) is 0 Å². The average Bonchev–Trinajstić information content (AvgIpc) is 2.36. The lowest BCUT2D eigenvalue weighted by molar-refractivity contribution is -0.146. The second-order valence-electron chi connectivity index (χ2n) is 5.43. The molecule has 0 radical (unpaired) electrons. The molecule has 0 bridgehead atoms. The molecule has 0 aliphatic heterocycles. The highest BCUT2D eigenvalue weighted by atomic mass is 35.5. The van der Waals surface area contributed by atoms with E-state index in [1.54, 1.807) is 0 Å². The molecule has 1 unspecified atom stereocenters. The number of methoxy groups -OCH3 is 1. The van der Waals surface area contributed by atoms with Gasteiger partial charge < -0.3 is 10.1 Å². The highest BCUT2D eigenvalue weighted by Gasteiger charge is 2.38. The van der Waals surface area contributed by atoms with Gasteiger partial charge in [0.2, 0.25) is 0 Å². The van der Waals surface area contributed by atoms with Crippen LogP contribution in [-0.4, -0.2) is 18.6 Å². The van der Waals surface area contributed by atoms with Crippen molar-refractivity contribution in [1.29, 1.82) is 0 Å². The molecule has 1 aromatic carbocycles. The Balaban J connectivity index is 2.17. The SMILES string of the molecule is COC(=O)C(C)(CC1CCC1)Nc1ccccc1Cl. The van der Waals surface area contributed by atoms with Crippen molar-refractivity contribution in [3.8, 4) is 0 Å². The summed E-state index contributed by atoms with van der Waals surface area (Å²) in [5.74, 6) is 0.360. The Morgan fingerprint density at radius 1 is 1.47 bits per heavy atom. The summed E-state index contributed by atoms with van der Waals surface area (Å²) in [7, 11) is 1.43. The highest BCUT2D eigenvalue weighted by Crippen LogP contribution is 2.36. The summed E-state index contributed by atoms with van der Waals surface area (Å²) in [6.07, 6.45) is 4.42. The third-order valence-electron chi connectivity index (χ3n) is 3.84. The fourth-order valence-corrected chi connectivity index (χ4v) is 2.73. The van der Waals surface area contributed by atoms with Gasteiger partial charge in [-0.15, -0.1) is 0 Å². The Morgan fingerprint density at radius 3 is 2.68 bits per heavy atom. The lowest BCUT2D eigenvalue weighted by atomic mass is 9.76. The first-order chi connectivity index (χ1) is 9.05. The molecular formula is C15H20ClNO2. The number of esters is 1. The average molecular weight is 282 g/mol. The maximum atomic E-state index is 12.1. The third-order valence-corrected chi connectivity index (χ3v) is 4.17. The molecule has 0 amide bonds. The largest absolute Gasteiger partial charge is 0.467 e. The molecule has 1 atom stereocenters. The Bertz CT molecular complexity index is 459. The third kappa shape index (κ3) is 3.21. The van der Waals surface area contributed by atoms with Crippen LogP contribution in [0.3, 0.4) is 0 Å². The van der Waals surface area contributed by atoms with Gasteiger partial charge in [0.15, 0.2) is 0 Å². The van der Waals surface area contributed by atoms with Crippen LogP contribution >= 0.6 is 11.6 Å². The topological polar surface area (TPSA) is 38.3 Å². The van der Waals surface area contributed by atoms with E-state index in [1.807, 2.05) is 31.2 Å². The number of benzene rings is 1. The van der Waals surface area contributed by atoms with E-state index >= 15 is 0 Å². The highest BCUT2D eigenvalue weighted by molar-refractivity contribution is 6.33. The van der Waals surface area contributed by atoms with Gasteiger partial charge in [-0.25, -0.2) is 4.79 Å². The number of rotatable bonds is 5. The fraction of sp³-hybridized carbons (Fsp3) is 0.533. The standard InChI is InChI=1S/C15H20ClNO2/c1-15(14(18)19-2,10-11-6-5-7-11)17-13-9-4-3-8-12(13)16/h3-4,8-9,11,17H,5-7,10H2,1-2H3. The molecule has 1 saturated carbocycles. The molecular weight excluding hydrogens is 262 g/mol. The molecule has 19 heavy (non-hydrogen) atoms. The maximum absolute atomic E-state index is 12.1. The molecule has 0 heterocycles. The minimum atomic E-state index is -0.717. The Morgan fingerprint density at radius 2 is 2.16 bits per heavy atom. The molecule has 4 heteroatoms. The molecule has 1 fully saturated rings. The number of nitrogens with one attached hydrogen (secondary N) is 1. The molecule has 1 N–H and O–H groups in total. The van der Waals surface area contributed by atoms with Crippen molar-refractivity contribution in [2.45, 2.75) is 38.1 Å². The molecule has 1 aliphatic rings. The fourth-order valence-electron chi connectivity index (χ4n) is 2.54. The molecule has 104 valence electrons. The van der Waals surface area contributed by atoms with Crippen molar-refractivity contribution in [3.05, 3.63) is 29.3 Å². The molecule has 2 rings (SSSR count). The molecule has 0 saturated heterocycles. The summed E-state index contributed by atoms with van der Waals surface area (Å²) in [6.45, 7) is 1.89. The van der Waals surface area contributed by atoms with Crippen LogP contribution < -0.4 is 5.32 Å². The van der Waals surface area contributed by atoms with Gasteiger partial charge >= 0.3 is 5.97 Å². The van der Waals surface area contributed by atoms with Gasteiger partial charge in [-0.2, -0.15) is 0 Å². The maximum Gasteiger partial charge on any atom is 0.331 e. The van der Waals surface area contributed by atoms with Crippen LogP contribution in [-0.2, 0) is 9.53 Å². The van der Waals surface area contributed by atoms with Gasteiger partial charge in [-0.1, -0.05) is 43.0 Å². The number of halogens is 1. The summed E-state index contributed by atoms with van der Waals surface area (Å²) < 4.78 is 4.95. The zero-order chi connectivity index (χ0) is 13.9. The molecule has 0 spiro atoms.